The molecule has 0 aromatic heterocycles. The molecule has 3 nitrogen and oxygen atoms in total. The van der Waals surface area contributed by atoms with E-state index in [9.17, 15) is 4.79 Å². The maximum Gasteiger partial charge on any atom is 0.247 e. The molecule has 1 unspecified atom stereocenters. The Labute approximate surface area is 112 Å². The van der Waals surface area contributed by atoms with Gasteiger partial charge in [0.25, 0.3) is 0 Å². The molecule has 0 saturated heterocycles. The molecule has 0 saturated carbocycles. The first-order chi connectivity index (χ1) is 8.78. The molecule has 18 heavy (non-hydrogen) atoms. The normalized spacial score (nSPS) is 18.8. The summed E-state index contributed by atoms with van der Waals surface area (Å²) in [5.74, 6) is 0.890. The Bertz CT molecular complexity index is 431. The zero-order chi connectivity index (χ0) is 12.8. The Kier molecular flexibility index (Phi) is 4.70. The van der Waals surface area contributed by atoms with E-state index in [-0.39, 0.29) is 11.4 Å². The van der Waals surface area contributed by atoms with Gasteiger partial charge in [-0.1, -0.05) is 43.7 Å². The van der Waals surface area contributed by atoms with Gasteiger partial charge in [0.1, 0.15) is 5.50 Å². The summed E-state index contributed by atoms with van der Waals surface area (Å²) >= 11 is 1.70. The van der Waals surface area contributed by atoms with Gasteiger partial charge in [-0.15, -0.1) is 11.8 Å². The number of allylic oxidation sites excluding steroid dienone is 1. The van der Waals surface area contributed by atoms with Crippen molar-refractivity contribution in [1.29, 1.82) is 0 Å². The maximum atomic E-state index is 11.5. The largest absolute Gasteiger partial charge is 0.360 e. The Balaban J connectivity index is 1.87. The zero-order valence-electron chi connectivity index (χ0n) is 10.5. The fourth-order valence-corrected chi connectivity index (χ4v) is 2.81. The summed E-state index contributed by atoms with van der Waals surface area (Å²) in [6.45, 7) is 2.11. The van der Waals surface area contributed by atoms with Gasteiger partial charge in [0.05, 0.1) is 0 Å². The van der Waals surface area contributed by atoms with E-state index in [0.717, 1.165) is 24.3 Å². The molecule has 1 amide bonds. The lowest BCUT2D eigenvalue weighted by Gasteiger charge is -2.26. The van der Waals surface area contributed by atoms with Crippen LogP contribution in [-0.4, -0.2) is 11.4 Å². The van der Waals surface area contributed by atoms with Crippen molar-refractivity contribution in [2.75, 3.05) is 0 Å². The average Bonchev–Trinajstić information content (AvgIpc) is 2.37. The summed E-state index contributed by atoms with van der Waals surface area (Å²) in [5, 5.41) is 6.26. The molecular formula is C14H18N2OS. The van der Waals surface area contributed by atoms with Crippen LogP contribution in [0.25, 0.3) is 0 Å². The van der Waals surface area contributed by atoms with Gasteiger partial charge < -0.3 is 10.6 Å². The van der Waals surface area contributed by atoms with Gasteiger partial charge in [0, 0.05) is 17.5 Å². The molecular weight excluding hydrogens is 244 g/mol. The first-order valence-corrected chi connectivity index (χ1v) is 7.26. The van der Waals surface area contributed by atoms with Gasteiger partial charge in [0.15, 0.2) is 0 Å². The van der Waals surface area contributed by atoms with E-state index in [1.165, 1.54) is 5.56 Å². The number of rotatable bonds is 5. The third kappa shape index (κ3) is 3.81. The number of carbonyl (C=O) groups excluding carboxylic acids is 1. The van der Waals surface area contributed by atoms with Crippen molar-refractivity contribution in [2.24, 2.45) is 0 Å². The van der Waals surface area contributed by atoms with E-state index in [4.69, 9.17) is 0 Å². The molecule has 1 atom stereocenters. The summed E-state index contributed by atoms with van der Waals surface area (Å²) in [6, 6.07) is 10.3. The monoisotopic (exact) mass is 262 g/mol. The van der Waals surface area contributed by atoms with E-state index in [1.54, 1.807) is 17.8 Å². The summed E-state index contributed by atoms with van der Waals surface area (Å²) in [4.78, 5) is 11.5. The van der Waals surface area contributed by atoms with Crippen LogP contribution in [-0.2, 0) is 10.5 Å². The average molecular weight is 262 g/mol. The van der Waals surface area contributed by atoms with E-state index >= 15 is 0 Å². The molecule has 1 aliphatic heterocycles. The predicted octanol–water partition coefficient (Wildman–Crippen LogP) is 2.61. The number of hydrogen-bond acceptors (Lipinski definition) is 3. The number of carbonyl (C=O) groups is 1. The van der Waals surface area contributed by atoms with Crippen molar-refractivity contribution in [3.8, 4) is 0 Å². The highest BCUT2D eigenvalue weighted by atomic mass is 32.2. The number of amides is 1. The second kappa shape index (κ2) is 6.50. The summed E-state index contributed by atoms with van der Waals surface area (Å²) < 4.78 is 0. The SMILES string of the molecule is CCCC1=CC(=O)NC(SCc2ccccc2)N1. The highest BCUT2D eigenvalue weighted by molar-refractivity contribution is 7.99. The number of nitrogens with one attached hydrogen (secondary N) is 2. The molecule has 1 aromatic rings. The molecule has 0 bridgehead atoms. The molecule has 0 fully saturated rings. The third-order valence-corrected chi connectivity index (χ3v) is 3.74. The van der Waals surface area contributed by atoms with Gasteiger partial charge >= 0.3 is 0 Å². The molecule has 0 radical (unpaired) electrons. The van der Waals surface area contributed by atoms with E-state index in [1.807, 2.05) is 18.2 Å². The topological polar surface area (TPSA) is 41.1 Å². The number of hydrogen-bond donors (Lipinski definition) is 2. The van der Waals surface area contributed by atoms with Crippen molar-refractivity contribution in [2.45, 2.75) is 31.0 Å². The van der Waals surface area contributed by atoms with Crippen LogP contribution in [0.15, 0.2) is 42.1 Å². The highest BCUT2D eigenvalue weighted by Crippen LogP contribution is 2.18. The second-order valence-corrected chi connectivity index (χ2v) is 5.34. The molecule has 96 valence electrons. The van der Waals surface area contributed by atoms with E-state index in [0.29, 0.717) is 0 Å². The first kappa shape index (κ1) is 13.0. The standard InChI is InChI=1S/C14H18N2OS/c1-2-6-12-9-13(17)16-14(15-12)18-10-11-7-4-3-5-8-11/h3-5,7-9,14-15H,2,6,10H2,1H3,(H,16,17). The smallest absolute Gasteiger partial charge is 0.247 e. The van der Waals surface area contributed by atoms with Crippen molar-refractivity contribution in [1.82, 2.24) is 10.6 Å². The lowest BCUT2D eigenvalue weighted by atomic mass is 10.2. The van der Waals surface area contributed by atoms with Crippen LogP contribution in [0.5, 0.6) is 0 Å². The highest BCUT2D eigenvalue weighted by Gasteiger charge is 2.17. The predicted molar refractivity (Wildman–Crippen MR) is 75.8 cm³/mol. The van der Waals surface area contributed by atoms with Gasteiger partial charge in [-0.3, -0.25) is 4.79 Å². The second-order valence-electron chi connectivity index (χ2n) is 4.25. The van der Waals surface area contributed by atoms with E-state index < -0.39 is 0 Å². The molecule has 1 heterocycles. The van der Waals surface area contributed by atoms with E-state index in [2.05, 4.69) is 29.7 Å². The van der Waals surface area contributed by atoms with Crippen molar-refractivity contribution in [3.05, 3.63) is 47.7 Å². The summed E-state index contributed by atoms with van der Waals surface area (Å²) in [6.07, 6.45) is 3.63. The zero-order valence-corrected chi connectivity index (χ0v) is 11.3. The van der Waals surface area contributed by atoms with Crippen molar-refractivity contribution < 1.29 is 4.79 Å². The fraction of sp³-hybridized carbons (Fsp3) is 0.357. The van der Waals surface area contributed by atoms with Gasteiger partial charge in [-0.05, 0) is 12.0 Å². The minimum Gasteiger partial charge on any atom is -0.360 e. The summed E-state index contributed by atoms with van der Waals surface area (Å²) in [5.41, 5.74) is 2.28. The summed E-state index contributed by atoms with van der Waals surface area (Å²) in [7, 11) is 0. The molecule has 0 aliphatic carbocycles. The van der Waals surface area contributed by atoms with Crippen LogP contribution in [0.3, 0.4) is 0 Å². The number of benzene rings is 1. The van der Waals surface area contributed by atoms with Crippen LogP contribution in [0.4, 0.5) is 0 Å². The molecule has 4 heteroatoms. The Morgan fingerprint density at radius 3 is 2.72 bits per heavy atom. The van der Waals surface area contributed by atoms with Crippen molar-refractivity contribution >= 4 is 17.7 Å². The Hall–Kier alpha value is -1.42. The molecule has 2 rings (SSSR count). The third-order valence-electron chi connectivity index (χ3n) is 2.67. The molecule has 0 spiro atoms. The molecule has 1 aromatic carbocycles. The van der Waals surface area contributed by atoms with Crippen LogP contribution >= 0.6 is 11.8 Å². The molecule has 2 N–H and O–H groups in total. The quantitative estimate of drug-likeness (QED) is 0.857. The van der Waals surface area contributed by atoms with Crippen LogP contribution < -0.4 is 10.6 Å². The minimum absolute atomic E-state index is 0.00256. The minimum atomic E-state index is -0.0238. The fourth-order valence-electron chi connectivity index (χ4n) is 1.83. The van der Waals surface area contributed by atoms with Crippen LogP contribution in [0.2, 0.25) is 0 Å². The lowest BCUT2D eigenvalue weighted by molar-refractivity contribution is -0.117. The van der Waals surface area contributed by atoms with Gasteiger partial charge in [0.2, 0.25) is 5.91 Å². The van der Waals surface area contributed by atoms with Crippen LogP contribution in [0, 0.1) is 0 Å². The Morgan fingerprint density at radius 2 is 2.00 bits per heavy atom. The number of thioether (sulfide) groups is 1. The van der Waals surface area contributed by atoms with Gasteiger partial charge in [-0.25, -0.2) is 0 Å². The molecule has 1 aliphatic rings. The first-order valence-electron chi connectivity index (χ1n) is 6.21. The Morgan fingerprint density at radius 1 is 1.22 bits per heavy atom. The van der Waals surface area contributed by atoms with Crippen LogP contribution in [0.1, 0.15) is 25.3 Å². The lowest BCUT2D eigenvalue weighted by Crippen LogP contribution is -2.46. The maximum absolute atomic E-state index is 11.5. The van der Waals surface area contributed by atoms with Crippen molar-refractivity contribution in [3.63, 3.8) is 0 Å². The van der Waals surface area contributed by atoms with Gasteiger partial charge in [-0.2, -0.15) is 0 Å².